The molecule has 2 aliphatic carbocycles. The lowest BCUT2D eigenvalue weighted by Crippen LogP contribution is -2.28. The van der Waals surface area contributed by atoms with Crippen LogP contribution >= 0.6 is 15.9 Å². The molecule has 1 heterocycles. The normalized spacial score (nSPS) is 28.1. The van der Waals surface area contributed by atoms with Gasteiger partial charge in [-0.1, -0.05) is 12.8 Å². The van der Waals surface area contributed by atoms with Crippen LogP contribution in [0.3, 0.4) is 0 Å². The lowest BCUT2D eigenvalue weighted by molar-refractivity contribution is 0.303. The van der Waals surface area contributed by atoms with Crippen LogP contribution in [-0.4, -0.2) is 11.0 Å². The van der Waals surface area contributed by atoms with Gasteiger partial charge < -0.3 is 5.32 Å². The second-order valence-corrected chi connectivity index (χ2v) is 6.69. The summed E-state index contributed by atoms with van der Waals surface area (Å²) < 4.78 is 0.951. The van der Waals surface area contributed by atoms with Crippen molar-refractivity contribution in [1.82, 2.24) is 4.98 Å². The van der Waals surface area contributed by atoms with Crippen molar-refractivity contribution < 1.29 is 0 Å². The third-order valence-electron chi connectivity index (χ3n) is 4.39. The lowest BCUT2D eigenvalue weighted by atomic mass is 9.82. The molecular formula is C15H21BrN2. The van der Waals surface area contributed by atoms with Crippen LogP contribution in [0, 0.1) is 18.8 Å². The minimum atomic E-state index is 0.659. The average molecular weight is 309 g/mol. The first-order valence-electron chi connectivity index (χ1n) is 7.11. The highest BCUT2D eigenvalue weighted by molar-refractivity contribution is 9.10. The fourth-order valence-electron chi connectivity index (χ4n) is 3.23. The Bertz CT molecular complexity index is 429. The standard InChI is InChI=1S/C15H21BrN2/c1-10-7-14(9-17-15(10)16)18-13-4-2-3-12(8-13)11-5-6-11/h7,9,11-13,18H,2-6,8H2,1H3. The summed E-state index contributed by atoms with van der Waals surface area (Å²) in [6.07, 6.45) is 10.4. The van der Waals surface area contributed by atoms with Crippen molar-refractivity contribution in [2.75, 3.05) is 5.32 Å². The third kappa shape index (κ3) is 2.87. The molecule has 2 unspecified atom stereocenters. The van der Waals surface area contributed by atoms with E-state index in [1.165, 1.54) is 49.8 Å². The van der Waals surface area contributed by atoms with Crippen molar-refractivity contribution in [1.29, 1.82) is 0 Å². The first-order chi connectivity index (χ1) is 8.72. The maximum Gasteiger partial charge on any atom is 0.109 e. The SMILES string of the molecule is Cc1cc(NC2CCCC(C3CC3)C2)cnc1Br. The quantitative estimate of drug-likeness (QED) is 0.830. The number of aryl methyl sites for hydroxylation is 1. The molecule has 0 aliphatic heterocycles. The van der Waals surface area contributed by atoms with Gasteiger partial charge in [0.2, 0.25) is 0 Å². The van der Waals surface area contributed by atoms with Crippen LogP contribution in [0.5, 0.6) is 0 Å². The molecule has 2 fully saturated rings. The summed E-state index contributed by atoms with van der Waals surface area (Å²) >= 11 is 3.45. The zero-order valence-corrected chi connectivity index (χ0v) is 12.5. The Balaban J connectivity index is 1.62. The molecule has 2 aliphatic rings. The molecule has 0 spiro atoms. The second-order valence-electron chi connectivity index (χ2n) is 5.94. The molecule has 3 heteroatoms. The Morgan fingerprint density at radius 2 is 2.06 bits per heavy atom. The Morgan fingerprint density at radius 1 is 1.22 bits per heavy atom. The molecule has 3 rings (SSSR count). The van der Waals surface area contributed by atoms with Crippen LogP contribution in [0.1, 0.15) is 44.1 Å². The van der Waals surface area contributed by atoms with Crippen LogP contribution in [-0.2, 0) is 0 Å². The largest absolute Gasteiger partial charge is 0.381 e. The van der Waals surface area contributed by atoms with E-state index in [1.807, 2.05) is 6.20 Å². The summed E-state index contributed by atoms with van der Waals surface area (Å²) in [6.45, 7) is 2.09. The fourth-order valence-corrected chi connectivity index (χ4v) is 3.44. The third-order valence-corrected chi connectivity index (χ3v) is 5.22. The minimum Gasteiger partial charge on any atom is -0.381 e. The van der Waals surface area contributed by atoms with Gasteiger partial charge in [0.25, 0.3) is 0 Å². The van der Waals surface area contributed by atoms with Crippen molar-refractivity contribution in [2.45, 2.75) is 51.5 Å². The van der Waals surface area contributed by atoms with Crippen LogP contribution in [0.15, 0.2) is 16.9 Å². The van der Waals surface area contributed by atoms with E-state index in [0.717, 1.165) is 16.4 Å². The van der Waals surface area contributed by atoms with E-state index in [9.17, 15) is 0 Å². The molecule has 2 atom stereocenters. The van der Waals surface area contributed by atoms with E-state index in [4.69, 9.17) is 0 Å². The van der Waals surface area contributed by atoms with Gasteiger partial charge in [-0.05, 0) is 72.0 Å². The molecule has 18 heavy (non-hydrogen) atoms. The van der Waals surface area contributed by atoms with Crippen molar-refractivity contribution in [2.24, 2.45) is 11.8 Å². The molecule has 0 bridgehead atoms. The van der Waals surface area contributed by atoms with Crippen molar-refractivity contribution >= 4 is 21.6 Å². The molecule has 1 aromatic rings. The summed E-state index contributed by atoms with van der Waals surface area (Å²) in [5.41, 5.74) is 2.38. The molecule has 0 amide bonds. The molecule has 0 radical (unpaired) electrons. The van der Waals surface area contributed by atoms with Gasteiger partial charge in [-0.25, -0.2) is 4.98 Å². The first-order valence-corrected chi connectivity index (χ1v) is 7.90. The van der Waals surface area contributed by atoms with Crippen LogP contribution in [0.25, 0.3) is 0 Å². The number of hydrogen-bond acceptors (Lipinski definition) is 2. The maximum atomic E-state index is 4.36. The zero-order chi connectivity index (χ0) is 12.5. The van der Waals surface area contributed by atoms with E-state index >= 15 is 0 Å². The van der Waals surface area contributed by atoms with Gasteiger partial charge >= 0.3 is 0 Å². The second kappa shape index (κ2) is 5.20. The fraction of sp³-hybridized carbons (Fsp3) is 0.667. The van der Waals surface area contributed by atoms with Gasteiger partial charge in [-0.2, -0.15) is 0 Å². The Kier molecular flexibility index (Phi) is 3.60. The molecule has 1 aromatic heterocycles. The van der Waals surface area contributed by atoms with Gasteiger partial charge in [0, 0.05) is 6.04 Å². The van der Waals surface area contributed by atoms with Crippen molar-refractivity contribution in [3.05, 3.63) is 22.4 Å². The number of anilines is 1. The first kappa shape index (κ1) is 12.5. The highest BCUT2D eigenvalue weighted by atomic mass is 79.9. The van der Waals surface area contributed by atoms with Crippen molar-refractivity contribution in [3.8, 4) is 0 Å². The van der Waals surface area contributed by atoms with Gasteiger partial charge in [0.1, 0.15) is 4.60 Å². The minimum absolute atomic E-state index is 0.659. The molecule has 98 valence electrons. The summed E-state index contributed by atoms with van der Waals surface area (Å²) in [5.74, 6) is 2.04. The number of pyridine rings is 1. The van der Waals surface area contributed by atoms with Gasteiger partial charge in [0.15, 0.2) is 0 Å². The summed E-state index contributed by atoms with van der Waals surface area (Å²) in [4.78, 5) is 4.36. The van der Waals surface area contributed by atoms with E-state index in [0.29, 0.717) is 6.04 Å². The average Bonchev–Trinajstić information content (AvgIpc) is 3.18. The molecule has 0 aromatic carbocycles. The van der Waals surface area contributed by atoms with E-state index < -0.39 is 0 Å². The number of nitrogens with zero attached hydrogens (tertiary/aromatic N) is 1. The number of aromatic nitrogens is 1. The van der Waals surface area contributed by atoms with Crippen molar-refractivity contribution in [3.63, 3.8) is 0 Å². The van der Waals surface area contributed by atoms with Gasteiger partial charge in [0.05, 0.1) is 11.9 Å². The number of rotatable bonds is 3. The number of nitrogens with one attached hydrogen (secondary N) is 1. The van der Waals surface area contributed by atoms with Crippen LogP contribution in [0.2, 0.25) is 0 Å². The molecule has 2 nitrogen and oxygen atoms in total. The summed E-state index contributed by atoms with van der Waals surface area (Å²) in [5, 5.41) is 3.68. The predicted octanol–water partition coefficient (Wildman–Crippen LogP) is 4.53. The predicted molar refractivity (Wildman–Crippen MR) is 78.8 cm³/mol. The highest BCUT2D eigenvalue weighted by Gasteiger charge is 2.34. The molecule has 0 saturated heterocycles. The van der Waals surface area contributed by atoms with Crippen LogP contribution < -0.4 is 5.32 Å². The number of hydrogen-bond donors (Lipinski definition) is 1. The molecule has 1 N–H and O–H groups in total. The van der Waals surface area contributed by atoms with Crippen LogP contribution in [0.4, 0.5) is 5.69 Å². The van der Waals surface area contributed by atoms with E-state index in [1.54, 1.807) is 0 Å². The number of halogens is 1. The lowest BCUT2D eigenvalue weighted by Gasteiger charge is -2.30. The zero-order valence-electron chi connectivity index (χ0n) is 11.0. The topological polar surface area (TPSA) is 24.9 Å². The van der Waals surface area contributed by atoms with Gasteiger partial charge in [-0.3, -0.25) is 0 Å². The summed E-state index contributed by atoms with van der Waals surface area (Å²) in [7, 11) is 0. The van der Waals surface area contributed by atoms with Gasteiger partial charge in [-0.15, -0.1) is 0 Å². The maximum absolute atomic E-state index is 4.36. The Hall–Kier alpha value is -0.570. The monoisotopic (exact) mass is 308 g/mol. The molecule has 2 saturated carbocycles. The Labute approximate surface area is 118 Å². The summed E-state index contributed by atoms with van der Waals surface area (Å²) in [6, 6.07) is 2.85. The van der Waals surface area contributed by atoms with E-state index in [-0.39, 0.29) is 0 Å². The van der Waals surface area contributed by atoms with E-state index in [2.05, 4.69) is 39.2 Å². The highest BCUT2D eigenvalue weighted by Crippen LogP contribution is 2.44. The molecular weight excluding hydrogens is 288 g/mol. The smallest absolute Gasteiger partial charge is 0.109 e. The Morgan fingerprint density at radius 3 is 2.78 bits per heavy atom.